The Morgan fingerprint density at radius 2 is 1.70 bits per heavy atom. The molecule has 10 nitrogen and oxygen atoms in total. The second-order valence-corrected chi connectivity index (χ2v) is 13.6. The van der Waals surface area contributed by atoms with Gasteiger partial charge in [0, 0.05) is 12.5 Å². The zero-order valence-corrected chi connectivity index (χ0v) is 25.0. The fourth-order valence-electron chi connectivity index (χ4n) is 7.12. The lowest BCUT2D eigenvalue weighted by molar-refractivity contribution is -0.181. The first-order valence-electron chi connectivity index (χ1n) is 14.1. The van der Waals surface area contributed by atoms with Gasteiger partial charge in [-0.2, -0.15) is 13.2 Å². The van der Waals surface area contributed by atoms with Crippen LogP contribution >= 0.6 is 0 Å². The Kier molecular flexibility index (Phi) is 8.21. The number of phenolic OH excluding ortho intramolecular Hbond substituents is 1. The average Bonchev–Trinajstić information content (AvgIpc) is 2.83. The Bertz CT molecular complexity index is 1400. The molecule has 1 aromatic carbocycles. The summed E-state index contributed by atoms with van der Waals surface area (Å²) in [4.78, 5) is 69.2. The van der Waals surface area contributed by atoms with Crippen LogP contribution in [0.15, 0.2) is 6.07 Å². The lowest BCUT2D eigenvalue weighted by atomic mass is 9.52. The SMILES string of the molecule is CN(CCC(C)(C)C)Cc1cc(O)c2c(c1C(F)(F)F)C[C@H]1C[C@H]3[C@H](N(C)C)C(=O)C(C(N)=O)C(=O)[C@@]3(O)C(=O)C1C2=O. The molecule has 13 heteroatoms. The fourth-order valence-corrected chi connectivity index (χ4v) is 7.12. The number of ketones is 4. The molecule has 1 aromatic rings. The molecule has 4 N–H and O–H groups in total. The number of hydrogen-bond donors (Lipinski definition) is 3. The van der Waals surface area contributed by atoms with E-state index in [1.165, 1.54) is 19.0 Å². The number of Topliss-reactive ketones (excluding diaryl/α,β-unsaturated/α-hetero) is 4. The van der Waals surface area contributed by atoms with Gasteiger partial charge in [-0.15, -0.1) is 0 Å². The van der Waals surface area contributed by atoms with Crippen molar-refractivity contribution < 1.29 is 47.4 Å². The molecule has 0 aliphatic heterocycles. The van der Waals surface area contributed by atoms with Gasteiger partial charge in [-0.1, -0.05) is 20.8 Å². The Labute approximate surface area is 247 Å². The number of aliphatic hydroxyl groups is 1. The van der Waals surface area contributed by atoms with E-state index in [4.69, 9.17) is 5.73 Å². The highest BCUT2D eigenvalue weighted by Gasteiger charge is 2.69. The van der Waals surface area contributed by atoms with Crippen LogP contribution in [0, 0.1) is 29.1 Å². The number of amides is 1. The van der Waals surface area contributed by atoms with Crippen LogP contribution in [-0.2, 0) is 38.3 Å². The van der Waals surface area contributed by atoms with Gasteiger partial charge in [0.05, 0.1) is 23.1 Å². The molecule has 0 radical (unpaired) electrons. The fraction of sp³-hybridized carbons (Fsp3) is 0.633. The van der Waals surface area contributed by atoms with Crippen LogP contribution in [0.5, 0.6) is 5.75 Å². The number of aromatic hydroxyl groups is 1. The van der Waals surface area contributed by atoms with Gasteiger partial charge in [-0.05, 0) is 75.5 Å². The number of hydrogen-bond acceptors (Lipinski definition) is 9. The van der Waals surface area contributed by atoms with Crippen LogP contribution in [0.1, 0.15) is 60.7 Å². The zero-order valence-electron chi connectivity index (χ0n) is 25.0. The summed E-state index contributed by atoms with van der Waals surface area (Å²) in [6, 6.07) is -0.464. The van der Waals surface area contributed by atoms with Gasteiger partial charge in [0.25, 0.3) is 0 Å². The van der Waals surface area contributed by atoms with E-state index in [0.717, 1.165) is 6.07 Å². The Hall–Kier alpha value is -3.16. The summed E-state index contributed by atoms with van der Waals surface area (Å²) in [5.74, 6) is -13.4. The van der Waals surface area contributed by atoms with E-state index in [2.05, 4.69) is 0 Å². The Morgan fingerprint density at radius 1 is 1.09 bits per heavy atom. The maximum absolute atomic E-state index is 14.7. The largest absolute Gasteiger partial charge is 0.507 e. The van der Waals surface area contributed by atoms with Crippen LogP contribution in [0.25, 0.3) is 0 Å². The number of fused-ring (bicyclic) bond motifs is 3. The predicted molar refractivity (Wildman–Crippen MR) is 147 cm³/mol. The molecule has 6 atom stereocenters. The number of rotatable bonds is 6. The monoisotopic (exact) mass is 609 g/mol. The minimum Gasteiger partial charge on any atom is -0.507 e. The molecule has 0 heterocycles. The van der Waals surface area contributed by atoms with Crippen molar-refractivity contribution >= 4 is 29.0 Å². The first-order valence-corrected chi connectivity index (χ1v) is 14.1. The second kappa shape index (κ2) is 10.8. The minimum absolute atomic E-state index is 0.0697. The maximum atomic E-state index is 14.7. The molecule has 0 bridgehead atoms. The lowest BCUT2D eigenvalue weighted by Gasteiger charge is -2.52. The van der Waals surface area contributed by atoms with Gasteiger partial charge in [0.15, 0.2) is 34.7 Å². The van der Waals surface area contributed by atoms with Crippen LogP contribution in [0.4, 0.5) is 13.2 Å². The highest BCUT2D eigenvalue weighted by atomic mass is 19.4. The summed E-state index contributed by atoms with van der Waals surface area (Å²) in [5.41, 5.74) is -0.169. The number of alkyl halides is 3. The van der Waals surface area contributed by atoms with Crippen molar-refractivity contribution in [3.63, 3.8) is 0 Å². The summed E-state index contributed by atoms with van der Waals surface area (Å²) in [7, 11) is 4.51. The highest BCUT2D eigenvalue weighted by Crippen LogP contribution is 2.52. The van der Waals surface area contributed by atoms with Gasteiger partial charge in [0.2, 0.25) is 5.91 Å². The van der Waals surface area contributed by atoms with Gasteiger partial charge < -0.3 is 20.8 Å². The van der Waals surface area contributed by atoms with Crippen molar-refractivity contribution in [3.05, 3.63) is 28.3 Å². The van der Waals surface area contributed by atoms with Crippen molar-refractivity contribution in [1.29, 1.82) is 0 Å². The summed E-state index contributed by atoms with van der Waals surface area (Å²) in [6.45, 7) is 6.31. The molecule has 0 aromatic heterocycles. The van der Waals surface area contributed by atoms with E-state index in [0.29, 0.717) is 13.0 Å². The van der Waals surface area contributed by atoms with Crippen LogP contribution in [-0.4, -0.2) is 88.4 Å². The molecular weight excluding hydrogens is 571 g/mol. The quantitative estimate of drug-likeness (QED) is 0.409. The lowest BCUT2D eigenvalue weighted by Crippen LogP contribution is -2.74. The van der Waals surface area contributed by atoms with Crippen molar-refractivity contribution in [1.82, 2.24) is 9.80 Å². The molecule has 0 spiro atoms. The van der Waals surface area contributed by atoms with Crippen molar-refractivity contribution in [3.8, 4) is 5.75 Å². The normalized spacial score (nSPS) is 29.5. The standard InChI is InChI=1S/C30H38F3N3O7/c1-28(2,3)7-8-36(6)12-14-11-17(37)19-15(21(14)30(31,32)33)9-13-10-16-22(35(4)5)24(39)20(27(34)42)26(41)29(16,43)25(40)18(13)23(19)38/h11,13,16,18,20,22,37,43H,7-10,12H2,1-6H3,(H2,34,42)/t13-,16-,18?,20?,22-,29-/m0/s1. The number of benzene rings is 1. The molecule has 2 fully saturated rings. The van der Waals surface area contributed by atoms with Crippen LogP contribution in [0.2, 0.25) is 0 Å². The number of carbonyl (C=O) groups is 5. The van der Waals surface area contributed by atoms with Crippen molar-refractivity contribution in [2.24, 2.45) is 34.8 Å². The molecule has 1 amide bonds. The van der Waals surface area contributed by atoms with Gasteiger partial charge in [-0.3, -0.25) is 28.9 Å². The first-order chi connectivity index (χ1) is 19.6. The summed E-state index contributed by atoms with van der Waals surface area (Å²) >= 11 is 0. The number of primary amides is 1. The van der Waals surface area contributed by atoms with Gasteiger partial charge >= 0.3 is 6.18 Å². The maximum Gasteiger partial charge on any atom is 0.417 e. The molecule has 3 aliphatic rings. The topological polar surface area (TPSA) is 158 Å². The Balaban J connectivity index is 1.84. The second-order valence-electron chi connectivity index (χ2n) is 13.6. The molecule has 3 aliphatic carbocycles. The molecule has 0 saturated heterocycles. The summed E-state index contributed by atoms with van der Waals surface area (Å²) in [6.07, 6.45) is -5.02. The van der Waals surface area contributed by atoms with Crippen molar-refractivity contribution in [2.75, 3.05) is 27.7 Å². The molecule has 2 saturated carbocycles. The van der Waals surface area contributed by atoms with E-state index in [1.807, 2.05) is 20.8 Å². The summed E-state index contributed by atoms with van der Waals surface area (Å²) < 4.78 is 44.0. The summed E-state index contributed by atoms with van der Waals surface area (Å²) in [5, 5.41) is 22.5. The minimum atomic E-state index is -4.91. The number of nitrogens with zero attached hydrogens (tertiary/aromatic N) is 2. The Morgan fingerprint density at radius 3 is 2.21 bits per heavy atom. The van der Waals surface area contributed by atoms with Crippen molar-refractivity contribution in [2.45, 2.75) is 64.4 Å². The molecule has 43 heavy (non-hydrogen) atoms. The number of likely N-dealkylation sites (N-methyl/N-ethyl adjacent to an activating group) is 1. The predicted octanol–water partition coefficient (Wildman–Crippen LogP) is 1.75. The smallest absolute Gasteiger partial charge is 0.417 e. The van der Waals surface area contributed by atoms with Gasteiger partial charge in [-0.25, -0.2) is 0 Å². The molecule has 2 unspecified atom stereocenters. The van der Waals surface area contributed by atoms with E-state index in [1.54, 1.807) is 11.9 Å². The zero-order chi connectivity index (χ0) is 32.6. The highest BCUT2D eigenvalue weighted by molar-refractivity contribution is 6.32. The molecule has 4 rings (SSSR count). The third-order valence-corrected chi connectivity index (χ3v) is 9.11. The van der Waals surface area contributed by atoms with Gasteiger partial charge in [0.1, 0.15) is 5.75 Å². The number of phenols is 1. The number of carbonyl (C=O) groups excluding carboxylic acids is 5. The number of nitrogens with two attached hydrogens (primary N) is 1. The molecular formula is C30H38F3N3O7. The third kappa shape index (κ3) is 5.40. The van der Waals surface area contributed by atoms with E-state index in [9.17, 15) is 47.4 Å². The first kappa shape index (κ1) is 32.7. The average molecular weight is 610 g/mol. The van der Waals surface area contributed by atoms with E-state index < -0.39 is 99.4 Å². The molecule has 236 valence electrons. The van der Waals surface area contributed by atoms with E-state index >= 15 is 0 Å². The van der Waals surface area contributed by atoms with Crippen LogP contribution < -0.4 is 5.73 Å². The van der Waals surface area contributed by atoms with E-state index in [-0.39, 0.29) is 23.9 Å². The third-order valence-electron chi connectivity index (χ3n) is 9.11. The van der Waals surface area contributed by atoms with Crippen LogP contribution in [0.3, 0.4) is 0 Å². The number of halogens is 3.